The van der Waals surface area contributed by atoms with Crippen LogP contribution in [0.3, 0.4) is 0 Å². The molecule has 17 heavy (non-hydrogen) atoms. The Hall–Kier alpha value is -0.0500. The van der Waals surface area contributed by atoms with Crippen LogP contribution in [0, 0.1) is 5.41 Å². The molecule has 94 valence electrons. The van der Waals surface area contributed by atoms with E-state index in [-0.39, 0.29) is 0 Å². The van der Waals surface area contributed by atoms with Crippen LogP contribution in [0.4, 0.5) is 0 Å². The molecule has 0 amide bonds. The van der Waals surface area contributed by atoms with Crippen LogP contribution in [0.1, 0.15) is 38.7 Å². The second kappa shape index (κ2) is 5.29. The molecule has 0 heterocycles. The smallest absolute Gasteiger partial charge is 0.0462 e. The number of hydrogen-bond acceptors (Lipinski definition) is 1. The van der Waals surface area contributed by atoms with E-state index in [0.717, 1.165) is 16.0 Å². The molecule has 0 bridgehead atoms. The van der Waals surface area contributed by atoms with E-state index in [2.05, 4.69) is 41.2 Å². The summed E-state index contributed by atoms with van der Waals surface area (Å²) >= 11 is 9.62. The Balaban J connectivity index is 1.90. The van der Waals surface area contributed by atoms with Crippen LogP contribution in [-0.2, 0) is 6.54 Å². The van der Waals surface area contributed by atoms with Gasteiger partial charge in [0.25, 0.3) is 0 Å². The minimum atomic E-state index is 0.501. The summed E-state index contributed by atoms with van der Waals surface area (Å²) in [5.74, 6) is 0. The molecule has 1 atom stereocenters. The molecule has 1 aliphatic carbocycles. The lowest BCUT2D eigenvalue weighted by molar-refractivity contribution is 0.364. The summed E-state index contributed by atoms with van der Waals surface area (Å²) in [4.78, 5) is 0. The minimum absolute atomic E-state index is 0.501. The fourth-order valence-electron chi connectivity index (χ4n) is 2.53. The second-order valence-electron chi connectivity index (χ2n) is 5.72. The lowest BCUT2D eigenvalue weighted by Crippen LogP contribution is -2.26. The zero-order chi connectivity index (χ0) is 12.5. The van der Waals surface area contributed by atoms with Gasteiger partial charge in [0.05, 0.1) is 0 Å². The van der Waals surface area contributed by atoms with Gasteiger partial charge in [-0.15, -0.1) is 0 Å². The largest absolute Gasteiger partial charge is 0.310 e. The van der Waals surface area contributed by atoms with Gasteiger partial charge in [-0.2, -0.15) is 0 Å². The van der Waals surface area contributed by atoms with Gasteiger partial charge >= 0.3 is 0 Å². The van der Waals surface area contributed by atoms with E-state index in [4.69, 9.17) is 11.6 Å². The van der Waals surface area contributed by atoms with Crippen molar-refractivity contribution >= 4 is 27.5 Å². The third-order valence-corrected chi connectivity index (χ3v) is 4.41. The molecule has 3 heteroatoms. The van der Waals surface area contributed by atoms with Gasteiger partial charge in [0.1, 0.15) is 0 Å². The van der Waals surface area contributed by atoms with Crippen LogP contribution in [-0.4, -0.2) is 6.04 Å². The fourth-order valence-corrected chi connectivity index (χ4v) is 3.27. The van der Waals surface area contributed by atoms with Crippen molar-refractivity contribution in [2.75, 3.05) is 0 Å². The van der Waals surface area contributed by atoms with E-state index in [9.17, 15) is 0 Å². The standard InChI is InChI=1S/C14H19BrClN/c1-14(2)6-5-12(8-14)17-9-10-3-4-11(15)7-13(10)16/h3-4,7,12,17H,5-6,8-9H2,1-2H3. The number of rotatable bonds is 3. The van der Waals surface area contributed by atoms with Crippen molar-refractivity contribution in [1.82, 2.24) is 5.32 Å². The molecule has 0 spiro atoms. The Morgan fingerprint density at radius 1 is 1.47 bits per heavy atom. The highest BCUT2D eigenvalue weighted by molar-refractivity contribution is 9.10. The van der Waals surface area contributed by atoms with Gasteiger partial charge in [-0.1, -0.05) is 47.4 Å². The Morgan fingerprint density at radius 2 is 2.24 bits per heavy atom. The molecule has 1 unspecified atom stereocenters. The number of nitrogens with one attached hydrogen (secondary N) is 1. The molecule has 1 aliphatic rings. The normalized spacial score (nSPS) is 22.9. The van der Waals surface area contributed by atoms with E-state index in [1.54, 1.807) is 0 Å². The van der Waals surface area contributed by atoms with E-state index in [1.165, 1.54) is 24.8 Å². The molecule has 1 fully saturated rings. The Morgan fingerprint density at radius 3 is 2.82 bits per heavy atom. The molecular formula is C14H19BrClN. The lowest BCUT2D eigenvalue weighted by Gasteiger charge is -2.18. The molecule has 1 N–H and O–H groups in total. The van der Waals surface area contributed by atoms with Gasteiger partial charge in [0.2, 0.25) is 0 Å². The molecule has 1 saturated carbocycles. The van der Waals surface area contributed by atoms with Crippen LogP contribution in [0.25, 0.3) is 0 Å². The topological polar surface area (TPSA) is 12.0 Å². The zero-order valence-electron chi connectivity index (χ0n) is 10.4. The summed E-state index contributed by atoms with van der Waals surface area (Å²) in [5.41, 5.74) is 1.68. The molecule has 1 nitrogen and oxygen atoms in total. The monoisotopic (exact) mass is 315 g/mol. The van der Waals surface area contributed by atoms with Crippen molar-refractivity contribution in [2.45, 2.75) is 45.7 Å². The van der Waals surface area contributed by atoms with Crippen LogP contribution in [0.2, 0.25) is 5.02 Å². The number of halogens is 2. The summed E-state index contributed by atoms with van der Waals surface area (Å²) in [6.45, 7) is 5.56. The highest BCUT2D eigenvalue weighted by Crippen LogP contribution is 2.37. The summed E-state index contributed by atoms with van der Waals surface area (Å²) in [7, 11) is 0. The van der Waals surface area contributed by atoms with Crippen LogP contribution in [0.5, 0.6) is 0 Å². The van der Waals surface area contributed by atoms with Crippen LogP contribution < -0.4 is 5.32 Å². The zero-order valence-corrected chi connectivity index (χ0v) is 12.7. The Kier molecular flexibility index (Phi) is 4.17. The van der Waals surface area contributed by atoms with Gasteiger partial charge < -0.3 is 5.32 Å². The average molecular weight is 317 g/mol. The van der Waals surface area contributed by atoms with E-state index in [0.29, 0.717) is 11.5 Å². The quantitative estimate of drug-likeness (QED) is 0.847. The third kappa shape index (κ3) is 3.70. The SMILES string of the molecule is CC1(C)CCC(NCc2ccc(Br)cc2Cl)C1. The summed E-state index contributed by atoms with van der Waals surface area (Å²) < 4.78 is 1.04. The highest BCUT2D eigenvalue weighted by Gasteiger charge is 2.30. The van der Waals surface area contributed by atoms with Crippen molar-refractivity contribution in [3.8, 4) is 0 Å². The number of hydrogen-bond donors (Lipinski definition) is 1. The molecule has 1 aromatic rings. The first kappa shape index (κ1) is 13.4. The molecule has 0 radical (unpaired) electrons. The summed E-state index contributed by atoms with van der Waals surface area (Å²) in [5, 5.41) is 4.45. The number of benzene rings is 1. The summed E-state index contributed by atoms with van der Waals surface area (Å²) in [6.07, 6.45) is 3.86. The van der Waals surface area contributed by atoms with Gasteiger partial charge in [-0.3, -0.25) is 0 Å². The van der Waals surface area contributed by atoms with E-state index in [1.807, 2.05) is 12.1 Å². The molecular weight excluding hydrogens is 298 g/mol. The maximum absolute atomic E-state index is 6.20. The molecule has 1 aromatic carbocycles. The third-order valence-electron chi connectivity index (χ3n) is 3.56. The fraction of sp³-hybridized carbons (Fsp3) is 0.571. The van der Waals surface area contributed by atoms with Crippen molar-refractivity contribution in [2.24, 2.45) is 5.41 Å². The van der Waals surface area contributed by atoms with Crippen LogP contribution in [0.15, 0.2) is 22.7 Å². The first-order valence-corrected chi connectivity index (χ1v) is 7.31. The first-order chi connectivity index (χ1) is 7.96. The highest BCUT2D eigenvalue weighted by atomic mass is 79.9. The predicted octanol–water partition coefficient (Wildman–Crippen LogP) is 4.77. The second-order valence-corrected chi connectivity index (χ2v) is 7.04. The van der Waals surface area contributed by atoms with E-state index < -0.39 is 0 Å². The van der Waals surface area contributed by atoms with Crippen molar-refractivity contribution in [1.29, 1.82) is 0 Å². The van der Waals surface area contributed by atoms with Gasteiger partial charge in [0.15, 0.2) is 0 Å². The van der Waals surface area contributed by atoms with Gasteiger partial charge in [0, 0.05) is 22.1 Å². The molecule has 0 saturated heterocycles. The Bertz CT molecular complexity index is 403. The van der Waals surface area contributed by atoms with Gasteiger partial charge in [-0.05, 0) is 42.4 Å². The van der Waals surface area contributed by atoms with Crippen LogP contribution >= 0.6 is 27.5 Å². The maximum Gasteiger partial charge on any atom is 0.0462 e. The predicted molar refractivity (Wildman–Crippen MR) is 77.4 cm³/mol. The van der Waals surface area contributed by atoms with Crippen molar-refractivity contribution in [3.05, 3.63) is 33.3 Å². The molecule has 2 rings (SSSR count). The maximum atomic E-state index is 6.20. The minimum Gasteiger partial charge on any atom is -0.310 e. The first-order valence-electron chi connectivity index (χ1n) is 6.14. The average Bonchev–Trinajstić information content (AvgIpc) is 2.57. The Labute approximate surface area is 117 Å². The van der Waals surface area contributed by atoms with E-state index >= 15 is 0 Å². The lowest BCUT2D eigenvalue weighted by atomic mass is 9.92. The summed E-state index contributed by atoms with van der Waals surface area (Å²) in [6, 6.07) is 6.72. The van der Waals surface area contributed by atoms with Gasteiger partial charge in [-0.25, -0.2) is 0 Å². The molecule has 0 aliphatic heterocycles. The van der Waals surface area contributed by atoms with Crippen molar-refractivity contribution < 1.29 is 0 Å². The van der Waals surface area contributed by atoms with Crippen molar-refractivity contribution in [3.63, 3.8) is 0 Å². The molecule has 0 aromatic heterocycles.